The standard InChI is InChI=1S/C18H28O3/c1-4-6-7-8-11-14-17(19)18(20)15-12-9-10-13-16(5-2)21-3/h5,16-20H,2,4,6-8,11,14-15H2,1,3H3/t16-,17+,18+/m0/s1. The van der Waals surface area contributed by atoms with Gasteiger partial charge in [0.05, 0.1) is 12.2 Å². The number of aliphatic hydroxyl groups is 2. The van der Waals surface area contributed by atoms with Crippen LogP contribution in [-0.2, 0) is 4.74 Å². The highest BCUT2D eigenvalue weighted by atomic mass is 16.5. The maximum absolute atomic E-state index is 9.81. The van der Waals surface area contributed by atoms with Crippen LogP contribution in [-0.4, -0.2) is 35.6 Å². The zero-order valence-electron chi connectivity index (χ0n) is 13.3. The van der Waals surface area contributed by atoms with Gasteiger partial charge in [0.15, 0.2) is 0 Å². The molecule has 0 aliphatic heterocycles. The fourth-order valence-corrected chi connectivity index (χ4v) is 1.81. The molecule has 0 spiro atoms. The predicted molar refractivity (Wildman–Crippen MR) is 86.6 cm³/mol. The molecule has 118 valence electrons. The minimum absolute atomic E-state index is 0.233. The van der Waals surface area contributed by atoms with Crippen LogP contribution in [0, 0.1) is 23.7 Å². The van der Waals surface area contributed by atoms with E-state index in [0.717, 1.165) is 12.8 Å². The molecular formula is C18H28O3. The zero-order chi connectivity index (χ0) is 15.9. The number of unbranched alkanes of at least 4 members (excludes halogenated alkanes) is 4. The van der Waals surface area contributed by atoms with Crippen LogP contribution in [0.3, 0.4) is 0 Å². The Morgan fingerprint density at radius 3 is 2.43 bits per heavy atom. The summed E-state index contributed by atoms with van der Waals surface area (Å²) in [4.78, 5) is 0. The summed E-state index contributed by atoms with van der Waals surface area (Å²) in [5, 5.41) is 19.6. The summed E-state index contributed by atoms with van der Waals surface area (Å²) in [5.74, 6) is 10.8. The molecule has 0 aromatic heterocycles. The number of ether oxygens (including phenoxy) is 1. The molecule has 0 aliphatic rings. The lowest BCUT2D eigenvalue weighted by Gasteiger charge is -2.15. The summed E-state index contributed by atoms with van der Waals surface area (Å²) >= 11 is 0. The SMILES string of the molecule is C=C[C@@H](C#CC#CC[C@@H](O)[C@H](O)CCCCCCC)OC. The molecule has 0 heterocycles. The van der Waals surface area contributed by atoms with Crippen molar-refractivity contribution < 1.29 is 14.9 Å². The van der Waals surface area contributed by atoms with Crippen molar-refractivity contribution in [2.45, 2.75) is 70.2 Å². The van der Waals surface area contributed by atoms with E-state index in [0.29, 0.717) is 6.42 Å². The summed E-state index contributed by atoms with van der Waals surface area (Å²) in [5.41, 5.74) is 0. The molecule has 0 rings (SSSR count). The molecule has 0 aliphatic carbocycles. The minimum Gasteiger partial charge on any atom is -0.390 e. The van der Waals surface area contributed by atoms with Crippen molar-refractivity contribution in [2.24, 2.45) is 0 Å². The molecule has 0 aromatic carbocycles. The van der Waals surface area contributed by atoms with Crippen LogP contribution in [0.2, 0.25) is 0 Å². The first-order valence-corrected chi connectivity index (χ1v) is 7.65. The quantitative estimate of drug-likeness (QED) is 0.370. The number of hydrogen-bond donors (Lipinski definition) is 2. The van der Waals surface area contributed by atoms with E-state index in [1.807, 2.05) is 0 Å². The van der Waals surface area contributed by atoms with Gasteiger partial charge in [0.2, 0.25) is 0 Å². The highest BCUT2D eigenvalue weighted by Gasteiger charge is 2.14. The van der Waals surface area contributed by atoms with Gasteiger partial charge in [-0.3, -0.25) is 0 Å². The lowest BCUT2D eigenvalue weighted by Crippen LogP contribution is -2.25. The van der Waals surface area contributed by atoms with E-state index in [9.17, 15) is 10.2 Å². The van der Waals surface area contributed by atoms with E-state index in [2.05, 4.69) is 37.2 Å². The van der Waals surface area contributed by atoms with Gasteiger partial charge in [-0.05, 0) is 18.3 Å². The molecule has 3 atom stereocenters. The van der Waals surface area contributed by atoms with E-state index < -0.39 is 12.2 Å². The number of rotatable bonds is 10. The zero-order valence-corrected chi connectivity index (χ0v) is 13.3. The van der Waals surface area contributed by atoms with Gasteiger partial charge in [0.1, 0.15) is 6.10 Å². The molecule has 21 heavy (non-hydrogen) atoms. The van der Waals surface area contributed by atoms with E-state index in [4.69, 9.17) is 4.74 Å². The summed E-state index contributed by atoms with van der Waals surface area (Å²) in [6.07, 6.45) is 6.30. The Labute approximate surface area is 129 Å². The Hall–Kier alpha value is -1.26. The van der Waals surface area contributed by atoms with Crippen LogP contribution in [0.4, 0.5) is 0 Å². The highest BCUT2D eigenvalue weighted by molar-refractivity contribution is 5.29. The highest BCUT2D eigenvalue weighted by Crippen LogP contribution is 2.10. The molecule has 0 saturated carbocycles. The molecule has 0 saturated heterocycles. The van der Waals surface area contributed by atoms with Gasteiger partial charge in [-0.15, -0.1) is 0 Å². The van der Waals surface area contributed by atoms with Crippen molar-refractivity contribution in [1.29, 1.82) is 0 Å². The Kier molecular flexibility index (Phi) is 12.9. The van der Waals surface area contributed by atoms with Crippen molar-refractivity contribution in [3.63, 3.8) is 0 Å². The van der Waals surface area contributed by atoms with Crippen LogP contribution in [0.15, 0.2) is 12.7 Å². The molecular weight excluding hydrogens is 264 g/mol. The van der Waals surface area contributed by atoms with Crippen molar-refractivity contribution in [1.82, 2.24) is 0 Å². The molecule has 3 nitrogen and oxygen atoms in total. The fraction of sp³-hybridized carbons (Fsp3) is 0.667. The van der Waals surface area contributed by atoms with Gasteiger partial charge in [-0.25, -0.2) is 0 Å². The van der Waals surface area contributed by atoms with Crippen LogP contribution in [0.1, 0.15) is 51.9 Å². The van der Waals surface area contributed by atoms with Gasteiger partial charge in [-0.1, -0.05) is 63.5 Å². The molecule has 0 aromatic rings. The Bertz CT molecular complexity index is 381. The lowest BCUT2D eigenvalue weighted by molar-refractivity contribution is 0.0165. The number of methoxy groups -OCH3 is 1. The Morgan fingerprint density at radius 2 is 1.81 bits per heavy atom. The Balaban J connectivity index is 3.92. The molecule has 0 fully saturated rings. The molecule has 0 radical (unpaired) electrons. The third-order valence-electron chi connectivity index (χ3n) is 3.19. The molecule has 0 amide bonds. The summed E-state index contributed by atoms with van der Waals surface area (Å²) in [6, 6.07) is 0. The molecule has 0 unspecified atom stereocenters. The average Bonchev–Trinajstić information content (AvgIpc) is 2.50. The normalized spacial score (nSPS) is 14.1. The monoisotopic (exact) mass is 292 g/mol. The molecule has 3 heteroatoms. The van der Waals surface area contributed by atoms with Gasteiger partial charge in [0, 0.05) is 13.5 Å². The second kappa shape index (κ2) is 13.7. The van der Waals surface area contributed by atoms with Gasteiger partial charge in [0.25, 0.3) is 0 Å². The third-order valence-corrected chi connectivity index (χ3v) is 3.19. The average molecular weight is 292 g/mol. The van der Waals surface area contributed by atoms with Crippen molar-refractivity contribution in [3.05, 3.63) is 12.7 Å². The van der Waals surface area contributed by atoms with Crippen molar-refractivity contribution >= 4 is 0 Å². The lowest BCUT2D eigenvalue weighted by atomic mass is 10.0. The third kappa shape index (κ3) is 11.1. The maximum atomic E-state index is 9.81. The first-order valence-electron chi connectivity index (χ1n) is 7.65. The summed E-state index contributed by atoms with van der Waals surface area (Å²) < 4.78 is 4.99. The predicted octanol–water partition coefficient (Wildman–Crippen LogP) is 2.67. The number of hydrogen-bond acceptors (Lipinski definition) is 3. The maximum Gasteiger partial charge on any atom is 0.136 e. The molecule has 2 N–H and O–H groups in total. The largest absolute Gasteiger partial charge is 0.390 e. The van der Waals surface area contributed by atoms with E-state index in [1.54, 1.807) is 13.2 Å². The van der Waals surface area contributed by atoms with Gasteiger partial charge >= 0.3 is 0 Å². The first kappa shape index (κ1) is 19.7. The van der Waals surface area contributed by atoms with Gasteiger partial charge < -0.3 is 14.9 Å². The molecule has 0 bridgehead atoms. The summed E-state index contributed by atoms with van der Waals surface area (Å²) in [7, 11) is 1.55. The summed E-state index contributed by atoms with van der Waals surface area (Å²) in [6.45, 7) is 5.75. The second-order valence-electron chi connectivity index (χ2n) is 5.00. The van der Waals surface area contributed by atoms with Crippen LogP contribution >= 0.6 is 0 Å². The number of aliphatic hydroxyl groups excluding tert-OH is 2. The van der Waals surface area contributed by atoms with Gasteiger partial charge in [-0.2, -0.15) is 0 Å². The Morgan fingerprint density at radius 1 is 1.10 bits per heavy atom. The van der Waals surface area contributed by atoms with E-state index in [-0.39, 0.29) is 12.5 Å². The second-order valence-corrected chi connectivity index (χ2v) is 5.00. The van der Waals surface area contributed by atoms with Crippen LogP contribution < -0.4 is 0 Å². The van der Waals surface area contributed by atoms with E-state index in [1.165, 1.54) is 19.3 Å². The smallest absolute Gasteiger partial charge is 0.136 e. The van der Waals surface area contributed by atoms with Crippen LogP contribution in [0.25, 0.3) is 0 Å². The van der Waals surface area contributed by atoms with Crippen LogP contribution in [0.5, 0.6) is 0 Å². The van der Waals surface area contributed by atoms with Crippen molar-refractivity contribution in [3.8, 4) is 23.7 Å². The first-order chi connectivity index (χ1) is 10.2. The minimum atomic E-state index is -0.803. The topological polar surface area (TPSA) is 49.7 Å². The van der Waals surface area contributed by atoms with E-state index >= 15 is 0 Å². The fourth-order valence-electron chi connectivity index (χ4n) is 1.81. The van der Waals surface area contributed by atoms with Crippen molar-refractivity contribution in [2.75, 3.05) is 7.11 Å².